The van der Waals surface area contributed by atoms with Crippen molar-refractivity contribution in [1.29, 1.82) is 0 Å². The van der Waals surface area contributed by atoms with Gasteiger partial charge in [0.1, 0.15) is 0 Å². The fourth-order valence-corrected chi connectivity index (χ4v) is 3.29. The van der Waals surface area contributed by atoms with Crippen LogP contribution in [0.5, 0.6) is 0 Å². The zero-order valence-electron chi connectivity index (χ0n) is 16.2. The summed E-state index contributed by atoms with van der Waals surface area (Å²) < 4.78 is 5.05. The van der Waals surface area contributed by atoms with E-state index >= 15 is 0 Å². The number of carbonyl (C=O) groups excluding carboxylic acids is 2. The third-order valence-corrected chi connectivity index (χ3v) is 4.77. The molecule has 0 atom stereocenters. The van der Waals surface area contributed by atoms with Gasteiger partial charge < -0.3 is 20.3 Å². The summed E-state index contributed by atoms with van der Waals surface area (Å²) in [5, 5.41) is 6.43. The van der Waals surface area contributed by atoms with Crippen LogP contribution in [0.1, 0.15) is 25.3 Å². The molecule has 1 aliphatic heterocycles. The minimum Gasteiger partial charge on any atom is -0.450 e. The van der Waals surface area contributed by atoms with Crippen LogP contribution in [0, 0.1) is 0 Å². The second-order valence-electron chi connectivity index (χ2n) is 6.89. The lowest BCUT2D eigenvalue weighted by atomic mass is 10.0. The Morgan fingerprint density at radius 1 is 1.00 bits per heavy atom. The molecule has 0 spiro atoms. The topological polar surface area (TPSA) is 70.7 Å². The Morgan fingerprint density at radius 3 is 2.29 bits per heavy atom. The number of benzene rings is 2. The highest BCUT2D eigenvalue weighted by Gasteiger charge is 2.23. The maximum absolute atomic E-state index is 12.1. The van der Waals surface area contributed by atoms with Crippen LogP contribution in [-0.4, -0.2) is 42.6 Å². The smallest absolute Gasteiger partial charge is 0.409 e. The minimum absolute atomic E-state index is 0.0294. The second-order valence-corrected chi connectivity index (χ2v) is 6.89. The number of anilines is 2. The monoisotopic (exact) mass is 381 g/mol. The van der Waals surface area contributed by atoms with Crippen molar-refractivity contribution in [3.63, 3.8) is 0 Å². The van der Waals surface area contributed by atoms with Gasteiger partial charge in [-0.2, -0.15) is 0 Å². The summed E-state index contributed by atoms with van der Waals surface area (Å²) in [6.07, 6.45) is 1.90. The molecule has 3 rings (SSSR count). The van der Waals surface area contributed by atoms with Crippen molar-refractivity contribution in [3.05, 3.63) is 60.2 Å². The molecule has 0 radical (unpaired) electrons. The maximum Gasteiger partial charge on any atom is 0.409 e. The Kier molecular flexibility index (Phi) is 6.89. The number of carbonyl (C=O) groups is 2. The molecule has 6 nitrogen and oxygen atoms in total. The van der Waals surface area contributed by atoms with E-state index in [9.17, 15) is 9.59 Å². The van der Waals surface area contributed by atoms with E-state index in [0.717, 1.165) is 29.8 Å². The highest BCUT2D eigenvalue weighted by Crippen LogP contribution is 2.19. The van der Waals surface area contributed by atoms with Gasteiger partial charge >= 0.3 is 6.09 Å². The first kappa shape index (κ1) is 19.7. The fraction of sp³-hybridized carbons (Fsp3) is 0.364. The molecule has 2 amide bonds. The van der Waals surface area contributed by atoms with E-state index < -0.39 is 0 Å². The fourth-order valence-electron chi connectivity index (χ4n) is 3.29. The van der Waals surface area contributed by atoms with Gasteiger partial charge in [-0.05, 0) is 49.6 Å². The second kappa shape index (κ2) is 9.78. The Hall–Kier alpha value is -3.02. The van der Waals surface area contributed by atoms with Gasteiger partial charge in [-0.15, -0.1) is 0 Å². The van der Waals surface area contributed by atoms with Crippen molar-refractivity contribution in [2.75, 3.05) is 30.3 Å². The van der Waals surface area contributed by atoms with Crippen LogP contribution in [0.2, 0.25) is 0 Å². The summed E-state index contributed by atoms with van der Waals surface area (Å²) in [7, 11) is 0. The summed E-state index contributed by atoms with van der Waals surface area (Å²) in [4.78, 5) is 25.7. The number of piperidine rings is 1. The Balaban J connectivity index is 1.44. The van der Waals surface area contributed by atoms with Crippen LogP contribution in [0.25, 0.3) is 0 Å². The van der Waals surface area contributed by atoms with E-state index in [2.05, 4.69) is 10.6 Å². The van der Waals surface area contributed by atoms with Crippen molar-refractivity contribution in [2.45, 2.75) is 32.2 Å². The van der Waals surface area contributed by atoms with Crippen LogP contribution < -0.4 is 10.6 Å². The Bertz CT molecular complexity index is 769. The van der Waals surface area contributed by atoms with Crippen molar-refractivity contribution in [3.8, 4) is 0 Å². The van der Waals surface area contributed by atoms with Crippen molar-refractivity contribution in [2.24, 2.45) is 0 Å². The number of amides is 2. The van der Waals surface area contributed by atoms with Crippen LogP contribution >= 0.6 is 0 Å². The van der Waals surface area contributed by atoms with E-state index in [1.807, 2.05) is 61.5 Å². The first-order valence-electron chi connectivity index (χ1n) is 9.76. The molecule has 28 heavy (non-hydrogen) atoms. The lowest BCUT2D eigenvalue weighted by Crippen LogP contribution is -2.42. The molecule has 1 saturated heterocycles. The van der Waals surface area contributed by atoms with Crippen LogP contribution in [0.3, 0.4) is 0 Å². The first-order chi connectivity index (χ1) is 13.6. The van der Waals surface area contributed by atoms with Crippen molar-refractivity contribution >= 4 is 23.4 Å². The number of hydrogen-bond donors (Lipinski definition) is 2. The lowest BCUT2D eigenvalue weighted by Gasteiger charge is -2.32. The van der Waals surface area contributed by atoms with Gasteiger partial charge in [-0.3, -0.25) is 4.79 Å². The number of likely N-dealkylation sites (tertiary alicyclic amines) is 1. The molecule has 2 aromatic rings. The quantitative estimate of drug-likeness (QED) is 0.796. The van der Waals surface area contributed by atoms with Crippen molar-refractivity contribution < 1.29 is 14.3 Å². The molecular formula is C22H27N3O3. The number of rotatable bonds is 6. The average molecular weight is 381 g/mol. The van der Waals surface area contributed by atoms with Gasteiger partial charge in [0.2, 0.25) is 5.91 Å². The molecule has 0 aliphatic carbocycles. The molecule has 1 fully saturated rings. The molecule has 0 bridgehead atoms. The van der Waals surface area contributed by atoms with Crippen LogP contribution in [0.15, 0.2) is 54.6 Å². The Morgan fingerprint density at radius 2 is 1.64 bits per heavy atom. The molecule has 6 heteroatoms. The van der Waals surface area contributed by atoms with Gasteiger partial charge in [-0.1, -0.05) is 30.3 Å². The molecule has 0 unspecified atom stereocenters. The van der Waals surface area contributed by atoms with Gasteiger partial charge in [-0.25, -0.2) is 4.79 Å². The molecule has 2 N–H and O–H groups in total. The molecule has 0 saturated carbocycles. The van der Waals surface area contributed by atoms with E-state index in [4.69, 9.17) is 4.74 Å². The number of nitrogens with one attached hydrogen (secondary N) is 2. The molecule has 1 heterocycles. The van der Waals surface area contributed by atoms with E-state index in [1.165, 1.54) is 0 Å². The Labute approximate surface area is 165 Å². The SMILES string of the molecule is CCOC(=O)N1CCC(Nc2ccc(NC(=O)Cc3ccccc3)cc2)CC1. The highest BCUT2D eigenvalue weighted by molar-refractivity contribution is 5.92. The molecule has 148 valence electrons. The zero-order valence-corrected chi connectivity index (χ0v) is 16.2. The predicted molar refractivity (Wildman–Crippen MR) is 110 cm³/mol. The molecule has 1 aliphatic rings. The summed E-state index contributed by atoms with van der Waals surface area (Å²) >= 11 is 0. The van der Waals surface area contributed by atoms with Crippen molar-refractivity contribution in [1.82, 2.24) is 4.90 Å². The summed E-state index contributed by atoms with van der Waals surface area (Å²) in [5.41, 5.74) is 2.78. The van der Waals surface area contributed by atoms with Gasteiger partial charge in [0.15, 0.2) is 0 Å². The molecule has 2 aromatic carbocycles. The van der Waals surface area contributed by atoms with Gasteiger partial charge in [0.05, 0.1) is 13.0 Å². The van der Waals surface area contributed by atoms with Crippen LogP contribution in [0.4, 0.5) is 16.2 Å². The van der Waals surface area contributed by atoms with Gasteiger partial charge in [0, 0.05) is 30.5 Å². The first-order valence-corrected chi connectivity index (χ1v) is 9.76. The minimum atomic E-state index is -0.225. The van der Waals surface area contributed by atoms with E-state index in [1.54, 1.807) is 4.90 Å². The lowest BCUT2D eigenvalue weighted by molar-refractivity contribution is -0.115. The third kappa shape index (κ3) is 5.74. The zero-order chi connectivity index (χ0) is 19.8. The standard InChI is InChI=1S/C22H27N3O3/c1-2-28-22(27)25-14-12-20(13-15-25)23-18-8-10-19(11-9-18)24-21(26)16-17-6-4-3-5-7-17/h3-11,20,23H,2,12-16H2,1H3,(H,24,26). The predicted octanol–water partition coefficient (Wildman–Crippen LogP) is 3.90. The summed E-state index contributed by atoms with van der Waals surface area (Å²) in [6, 6.07) is 17.8. The summed E-state index contributed by atoms with van der Waals surface area (Å²) in [5.74, 6) is -0.0294. The number of hydrogen-bond acceptors (Lipinski definition) is 4. The largest absolute Gasteiger partial charge is 0.450 e. The van der Waals surface area contributed by atoms with Crippen LogP contribution in [-0.2, 0) is 16.0 Å². The van der Waals surface area contributed by atoms with E-state index in [0.29, 0.717) is 32.2 Å². The number of nitrogens with zero attached hydrogens (tertiary/aromatic N) is 1. The average Bonchev–Trinajstić information content (AvgIpc) is 2.71. The normalized spacial score (nSPS) is 14.4. The maximum atomic E-state index is 12.1. The highest BCUT2D eigenvalue weighted by atomic mass is 16.6. The molecular weight excluding hydrogens is 354 g/mol. The number of ether oxygens (including phenoxy) is 1. The molecule has 0 aromatic heterocycles. The van der Waals surface area contributed by atoms with E-state index in [-0.39, 0.29) is 12.0 Å². The summed E-state index contributed by atoms with van der Waals surface area (Å²) in [6.45, 7) is 3.62. The third-order valence-electron chi connectivity index (χ3n) is 4.77. The van der Waals surface area contributed by atoms with Gasteiger partial charge in [0.25, 0.3) is 0 Å².